The molecule has 0 aromatic heterocycles. The molecule has 0 heterocycles. The molecule has 0 bridgehead atoms. The second-order valence-electron chi connectivity index (χ2n) is 8.06. The van der Waals surface area contributed by atoms with Crippen molar-refractivity contribution in [1.82, 2.24) is 0 Å². The van der Waals surface area contributed by atoms with Crippen molar-refractivity contribution in [2.75, 3.05) is 7.11 Å². The fraction of sp³-hybridized carbons (Fsp3) is 0.480. The van der Waals surface area contributed by atoms with Crippen LogP contribution in [-0.2, 0) is 14.9 Å². The van der Waals surface area contributed by atoms with Crippen LogP contribution in [0.25, 0.3) is 11.1 Å². The highest BCUT2D eigenvalue weighted by Crippen LogP contribution is 2.55. The zero-order valence-electron chi connectivity index (χ0n) is 17.4. The predicted molar refractivity (Wildman–Crippen MR) is 127 cm³/mol. The molecule has 0 saturated carbocycles. The van der Waals surface area contributed by atoms with E-state index in [1.807, 2.05) is 0 Å². The lowest BCUT2D eigenvalue weighted by Gasteiger charge is -2.32. The quantitative estimate of drug-likeness (QED) is 0.232. The van der Waals surface area contributed by atoms with Gasteiger partial charge in [-0.2, -0.15) is 0 Å². The predicted octanol–water partition coefficient (Wildman–Crippen LogP) is 8.18. The van der Waals surface area contributed by atoms with E-state index >= 15 is 0 Å². The lowest BCUT2D eigenvalue weighted by Crippen LogP contribution is -2.27. The summed E-state index contributed by atoms with van der Waals surface area (Å²) in [5.74, 6) is -0.132. The highest BCUT2D eigenvalue weighted by Gasteiger charge is 2.43. The van der Waals surface area contributed by atoms with Gasteiger partial charge >= 0.3 is 5.97 Å². The van der Waals surface area contributed by atoms with Crippen LogP contribution in [0.1, 0.15) is 75.8 Å². The fourth-order valence-corrected chi connectivity index (χ4v) is 5.45. The molecular formula is C25H30Br2O2. The number of methoxy groups -OCH3 is 1. The van der Waals surface area contributed by atoms with Gasteiger partial charge in [0.15, 0.2) is 0 Å². The normalized spacial score (nSPS) is 13.8. The Hall–Kier alpha value is -1.13. The summed E-state index contributed by atoms with van der Waals surface area (Å²) >= 11 is 7.36. The molecule has 0 saturated heterocycles. The van der Waals surface area contributed by atoms with Crippen LogP contribution in [0.4, 0.5) is 0 Å². The highest BCUT2D eigenvalue weighted by atomic mass is 79.9. The molecule has 156 valence electrons. The van der Waals surface area contributed by atoms with Gasteiger partial charge in [-0.05, 0) is 59.4 Å². The Labute approximate surface area is 191 Å². The van der Waals surface area contributed by atoms with Crippen LogP contribution in [-0.4, -0.2) is 13.1 Å². The Morgan fingerprint density at radius 3 is 1.97 bits per heavy atom. The monoisotopic (exact) mass is 520 g/mol. The van der Waals surface area contributed by atoms with Crippen molar-refractivity contribution in [1.29, 1.82) is 0 Å². The summed E-state index contributed by atoms with van der Waals surface area (Å²) in [4.78, 5) is 12.1. The Kier molecular flexibility index (Phi) is 7.98. The van der Waals surface area contributed by atoms with Crippen LogP contribution in [0.5, 0.6) is 0 Å². The average Bonchev–Trinajstić information content (AvgIpc) is 2.97. The summed E-state index contributed by atoms with van der Waals surface area (Å²) < 4.78 is 7.17. The molecule has 0 radical (unpaired) electrons. The van der Waals surface area contributed by atoms with Crippen molar-refractivity contribution >= 4 is 37.8 Å². The van der Waals surface area contributed by atoms with E-state index in [2.05, 4.69) is 75.2 Å². The molecule has 0 amide bonds. The van der Waals surface area contributed by atoms with E-state index in [4.69, 9.17) is 4.74 Å². The second kappa shape index (κ2) is 10.3. The summed E-state index contributed by atoms with van der Waals surface area (Å²) in [7, 11) is 1.48. The maximum Gasteiger partial charge on any atom is 0.305 e. The Bertz CT molecular complexity index is 808. The van der Waals surface area contributed by atoms with Gasteiger partial charge in [0.05, 0.1) is 7.11 Å². The van der Waals surface area contributed by atoms with E-state index in [9.17, 15) is 4.79 Å². The number of ether oxygens (including phenoxy) is 1. The highest BCUT2D eigenvalue weighted by molar-refractivity contribution is 9.10. The van der Waals surface area contributed by atoms with Crippen molar-refractivity contribution in [3.05, 3.63) is 56.5 Å². The molecule has 2 nitrogen and oxygen atoms in total. The summed E-state index contributed by atoms with van der Waals surface area (Å²) in [6.45, 7) is 2.25. The minimum atomic E-state index is -0.142. The summed E-state index contributed by atoms with van der Waals surface area (Å²) in [5.41, 5.74) is 5.14. The molecule has 4 heteroatoms. The lowest BCUT2D eigenvalue weighted by molar-refractivity contribution is -0.141. The van der Waals surface area contributed by atoms with Gasteiger partial charge in [0.1, 0.15) is 0 Å². The first-order valence-electron chi connectivity index (χ1n) is 10.7. The minimum Gasteiger partial charge on any atom is -0.469 e. The maximum atomic E-state index is 12.1. The average molecular weight is 522 g/mol. The summed E-state index contributed by atoms with van der Waals surface area (Å²) in [5, 5.41) is 0. The van der Waals surface area contributed by atoms with Gasteiger partial charge in [-0.25, -0.2) is 0 Å². The number of hydrogen-bond acceptors (Lipinski definition) is 2. The van der Waals surface area contributed by atoms with Crippen LogP contribution in [0.15, 0.2) is 45.3 Å². The standard InChI is InChI=1S/C25H30Br2O2/c1-3-4-5-6-7-8-14-25(15-13-24(28)29-2)22-16-18(26)9-11-20(22)21-12-10-19(27)17-23(21)25/h9-12,16-17H,3-8,13-15H2,1-2H3. The molecular weight excluding hydrogens is 492 g/mol. The van der Waals surface area contributed by atoms with Crippen molar-refractivity contribution in [2.24, 2.45) is 0 Å². The third-order valence-corrected chi connectivity index (χ3v) is 7.21. The van der Waals surface area contributed by atoms with E-state index in [-0.39, 0.29) is 11.4 Å². The molecule has 0 N–H and O–H groups in total. The number of carbonyl (C=O) groups is 1. The number of rotatable bonds is 10. The first-order chi connectivity index (χ1) is 14.0. The van der Waals surface area contributed by atoms with Gasteiger partial charge in [-0.15, -0.1) is 0 Å². The first kappa shape index (κ1) is 22.6. The SMILES string of the molecule is CCCCCCCCC1(CCC(=O)OC)c2cc(Br)ccc2-c2ccc(Br)cc21. The third-order valence-electron chi connectivity index (χ3n) is 6.23. The van der Waals surface area contributed by atoms with Crippen molar-refractivity contribution < 1.29 is 9.53 Å². The van der Waals surface area contributed by atoms with Crippen LogP contribution in [0.2, 0.25) is 0 Å². The number of halogens is 2. The molecule has 29 heavy (non-hydrogen) atoms. The van der Waals surface area contributed by atoms with E-state index in [1.165, 1.54) is 67.9 Å². The van der Waals surface area contributed by atoms with E-state index in [0.29, 0.717) is 6.42 Å². The van der Waals surface area contributed by atoms with Gasteiger partial charge < -0.3 is 4.74 Å². The Morgan fingerprint density at radius 1 is 0.862 bits per heavy atom. The number of carbonyl (C=O) groups excluding carboxylic acids is 1. The first-order valence-corrected chi connectivity index (χ1v) is 12.3. The minimum absolute atomic E-state index is 0.132. The van der Waals surface area contributed by atoms with E-state index in [1.54, 1.807) is 0 Å². The number of unbranched alkanes of at least 4 members (excludes halogenated alkanes) is 5. The lowest BCUT2D eigenvalue weighted by atomic mass is 9.71. The number of benzene rings is 2. The van der Waals surface area contributed by atoms with E-state index < -0.39 is 0 Å². The molecule has 0 unspecified atom stereocenters. The van der Waals surface area contributed by atoms with Gasteiger partial charge in [0.2, 0.25) is 0 Å². The van der Waals surface area contributed by atoms with Crippen molar-refractivity contribution in [3.8, 4) is 11.1 Å². The molecule has 2 aromatic rings. The molecule has 1 aliphatic carbocycles. The molecule has 1 aliphatic rings. The zero-order valence-corrected chi connectivity index (χ0v) is 20.6. The van der Waals surface area contributed by atoms with Gasteiger partial charge in [-0.1, -0.05) is 89.4 Å². The number of esters is 1. The Morgan fingerprint density at radius 2 is 1.41 bits per heavy atom. The zero-order chi connectivity index (χ0) is 20.9. The Balaban J connectivity index is 1.97. The summed E-state index contributed by atoms with van der Waals surface area (Å²) in [6.07, 6.45) is 9.88. The second-order valence-corrected chi connectivity index (χ2v) is 9.89. The van der Waals surface area contributed by atoms with Crippen molar-refractivity contribution in [3.63, 3.8) is 0 Å². The third kappa shape index (κ3) is 4.96. The van der Waals surface area contributed by atoms with Crippen LogP contribution in [0.3, 0.4) is 0 Å². The number of hydrogen-bond donors (Lipinski definition) is 0. The van der Waals surface area contributed by atoms with Crippen LogP contribution >= 0.6 is 31.9 Å². The van der Waals surface area contributed by atoms with Gasteiger partial charge in [-0.3, -0.25) is 4.79 Å². The van der Waals surface area contributed by atoms with Gasteiger partial charge in [0, 0.05) is 20.8 Å². The van der Waals surface area contributed by atoms with Crippen molar-refractivity contribution in [2.45, 2.75) is 70.1 Å². The molecule has 3 rings (SSSR count). The molecule has 0 fully saturated rings. The largest absolute Gasteiger partial charge is 0.469 e. The van der Waals surface area contributed by atoms with Crippen LogP contribution < -0.4 is 0 Å². The van der Waals surface area contributed by atoms with Gasteiger partial charge in [0.25, 0.3) is 0 Å². The fourth-order valence-electron chi connectivity index (χ4n) is 4.73. The molecule has 0 atom stereocenters. The maximum absolute atomic E-state index is 12.1. The smallest absolute Gasteiger partial charge is 0.305 e. The molecule has 2 aromatic carbocycles. The molecule has 0 spiro atoms. The van der Waals surface area contributed by atoms with E-state index in [0.717, 1.165) is 21.8 Å². The topological polar surface area (TPSA) is 26.3 Å². The summed E-state index contributed by atoms with van der Waals surface area (Å²) in [6, 6.07) is 13.2. The molecule has 0 aliphatic heterocycles. The number of fused-ring (bicyclic) bond motifs is 3. The van der Waals surface area contributed by atoms with Crippen LogP contribution in [0, 0.1) is 0 Å².